The SMILES string of the molecule is COc1cccc2c(=O)[nH]nc(Cc3cccc(N4C(=O)CCC4=O)c3)c12. The van der Waals surface area contributed by atoms with E-state index in [-0.39, 0.29) is 30.2 Å². The van der Waals surface area contributed by atoms with Gasteiger partial charge in [-0.3, -0.25) is 19.3 Å². The topological polar surface area (TPSA) is 92.4 Å². The van der Waals surface area contributed by atoms with E-state index >= 15 is 0 Å². The molecule has 0 saturated carbocycles. The fourth-order valence-corrected chi connectivity index (χ4v) is 3.41. The lowest BCUT2D eigenvalue weighted by Crippen LogP contribution is -2.28. The van der Waals surface area contributed by atoms with Crippen molar-refractivity contribution in [3.63, 3.8) is 0 Å². The standard InChI is InChI=1S/C20H17N3O4/c1-27-16-7-3-6-14-19(16)15(21-22-20(14)26)11-12-4-2-5-13(10-12)23-17(24)8-9-18(23)25/h2-7,10H,8-9,11H2,1H3,(H,22,26). The predicted octanol–water partition coefficient (Wildman–Crippen LogP) is 2.18. The number of aromatic amines is 1. The molecule has 3 aromatic rings. The third kappa shape index (κ3) is 2.97. The molecule has 0 atom stereocenters. The number of hydrogen-bond donors (Lipinski definition) is 1. The second kappa shape index (κ2) is 6.68. The van der Waals surface area contributed by atoms with Crippen molar-refractivity contribution in [1.29, 1.82) is 0 Å². The number of amides is 2. The van der Waals surface area contributed by atoms with Crippen LogP contribution in [0.15, 0.2) is 47.3 Å². The molecule has 1 N–H and O–H groups in total. The third-order valence-electron chi connectivity index (χ3n) is 4.66. The summed E-state index contributed by atoms with van der Waals surface area (Å²) in [4.78, 5) is 37.3. The van der Waals surface area contributed by atoms with Crippen LogP contribution in [0.1, 0.15) is 24.1 Å². The van der Waals surface area contributed by atoms with Crippen LogP contribution in [0.25, 0.3) is 10.8 Å². The van der Waals surface area contributed by atoms with Crippen molar-refractivity contribution < 1.29 is 14.3 Å². The third-order valence-corrected chi connectivity index (χ3v) is 4.66. The lowest BCUT2D eigenvalue weighted by Gasteiger charge is -2.15. The molecule has 136 valence electrons. The number of nitrogens with one attached hydrogen (secondary N) is 1. The van der Waals surface area contributed by atoms with Crippen molar-refractivity contribution >= 4 is 28.3 Å². The van der Waals surface area contributed by atoms with Crippen LogP contribution in [-0.4, -0.2) is 29.1 Å². The number of carbonyl (C=O) groups excluding carboxylic acids is 2. The summed E-state index contributed by atoms with van der Waals surface area (Å²) in [7, 11) is 1.55. The maximum atomic E-state index is 12.1. The average Bonchev–Trinajstić information content (AvgIpc) is 3.02. The van der Waals surface area contributed by atoms with Gasteiger partial charge in [0, 0.05) is 19.3 Å². The molecule has 0 spiro atoms. The van der Waals surface area contributed by atoms with Crippen LogP contribution in [0.5, 0.6) is 5.75 Å². The number of fused-ring (bicyclic) bond motifs is 1. The first-order valence-corrected chi connectivity index (χ1v) is 8.57. The quantitative estimate of drug-likeness (QED) is 0.717. The summed E-state index contributed by atoms with van der Waals surface area (Å²) < 4.78 is 5.40. The zero-order valence-electron chi connectivity index (χ0n) is 14.7. The Morgan fingerprint density at radius 1 is 1.07 bits per heavy atom. The first kappa shape index (κ1) is 17.0. The molecule has 7 nitrogen and oxygen atoms in total. The number of hydrogen-bond acceptors (Lipinski definition) is 5. The fraction of sp³-hybridized carbons (Fsp3) is 0.200. The van der Waals surface area contributed by atoms with Crippen LogP contribution in [0.4, 0.5) is 5.69 Å². The molecule has 1 aromatic heterocycles. The number of carbonyl (C=O) groups is 2. The van der Waals surface area contributed by atoms with Gasteiger partial charge in [0.05, 0.1) is 29.3 Å². The molecule has 0 radical (unpaired) electrons. The van der Waals surface area contributed by atoms with E-state index in [9.17, 15) is 14.4 Å². The number of H-pyrrole nitrogens is 1. The molecule has 7 heteroatoms. The van der Waals surface area contributed by atoms with Gasteiger partial charge in [-0.2, -0.15) is 5.10 Å². The first-order valence-electron chi connectivity index (χ1n) is 8.57. The van der Waals surface area contributed by atoms with Crippen LogP contribution >= 0.6 is 0 Å². The van der Waals surface area contributed by atoms with E-state index in [0.717, 1.165) is 5.56 Å². The molecule has 27 heavy (non-hydrogen) atoms. The highest BCUT2D eigenvalue weighted by molar-refractivity contribution is 6.19. The molecule has 1 fully saturated rings. The zero-order valence-corrected chi connectivity index (χ0v) is 14.7. The van der Waals surface area contributed by atoms with Gasteiger partial charge in [0.2, 0.25) is 11.8 Å². The molecule has 4 rings (SSSR count). The van der Waals surface area contributed by atoms with Crippen LogP contribution in [0, 0.1) is 0 Å². The summed E-state index contributed by atoms with van der Waals surface area (Å²) >= 11 is 0. The van der Waals surface area contributed by atoms with E-state index < -0.39 is 0 Å². The van der Waals surface area contributed by atoms with Gasteiger partial charge in [-0.05, 0) is 29.8 Å². The zero-order chi connectivity index (χ0) is 19.0. The van der Waals surface area contributed by atoms with E-state index in [4.69, 9.17) is 4.74 Å². The number of anilines is 1. The maximum absolute atomic E-state index is 12.1. The Bertz CT molecular complexity index is 1100. The summed E-state index contributed by atoms with van der Waals surface area (Å²) in [6.45, 7) is 0. The Morgan fingerprint density at radius 3 is 2.56 bits per heavy atom. The molecular formula is C20H17N3O4. The fourth-order valence-electron chi connectivity index (χ4n) is 3.41. The number of imide groups is 1. The number of rotatable bonds is 4. The van der Waals surface area contributed by atoms with Crippen molar-refractivity contribution in [1.82, 2.24) is 10.2 Å². The van der Waals surface area contributed by atoms with Crippen molar-refractivity contribution in [2.24, 2.45) is 0 Å². The largest absolute Gasteiger partial charge is 0.496 e. The second-order valence-corrected chi connectivity index (χ2v) is 6.35. The van der Waals surface area contributed by atoms with Crippen molar-refractivity contribution in [3.8, 4) is 5.75 Å². The van der Waals surface area contributed by atoms with Gasteiger partial charge in [0.1, 0.15) is 5.75 Å². The Labute approximate surface area is 154 Å². The van der Waals surface area contributed by atoms with Crippen molar-refractivity contribution in [2.45, 2.75) is 19.3 Å². The summed E-state index contributed by atoms with van der Waals surface area (Å²) in [5.74, 6) is 0.194. The van der Waals surface area contributed by atoms with Gasteiger partial charge in [-0.25, -0.2) is 5.10 Å². The number of nitrogens with zero attached hydrogens (tertiary/aromatic N) is 2. The maximum Gasteiger partial charge on any atom is 0.272 e. The summed E-state index contributed by atoms with van der Waals surface area (Å²) in [5, 5.41) is 7.88. The van der Waals surface area contributed by atoms with Crippen molar-refractivity contribution in [3.05, 3.63) is 64.1 Å². The van der Waals surface area contributed by atoms with E-state index in [2.05, 4.69) is 10.2 Å². The van der Waals surface area contributed by atoms with E-state index in [1.54, 1.807) is 43.5 Å². The Hall–Kier alpha value is -3.48. The highest BCUT2D eigenvalue weighted by Gasteiger charge is 2.30. The second-order valence-electron chi connectivity index (χ2n) is 6.35. The van der Waals surface area contributed by atoms with Crippen LogP contribution in [-0.2, 0) is 16.0 Å². The van der Waals surface area contributed by atoms with Gasteiger partial charge < -0.3 is 4.74 Å². The number of aromatic nitrogens is 2. The highest BCUT2D eigenvalue weighted by atomic mass is 16.5. The van der Waals surface area contributed by atoms with E-state index in [0.29, 0.717) is 34.3 Å². The molecule has 0 aliphatic carbocycles. The van der Waals surface area contributed by atoms with E-state index in [1.807, 2.05) is 6.07 Å². The molecule has 2 amide bonds. The molecular weight excluding hydrogens is 346 g/mol. The summed E-state index contributed by atoms with van der Waals surface area (Å²) in [6, 6.07) is 12.5. The van der Waals surface area contributed by atoms with Gasteiger partial charge in [-0.1, -0.05) is 18.2 Å². The van der Waals surface area contributed by atoms with Gasteiger partial charge in [0.25, 0.3) is 5.56 Å². The minimum atomic E-state index is -0.283. The average molecular weight is 363 g/mol. The lowest BCUT2D eigenvalue weighted by molar-refractivity contribution is -0.121. The van der Waals surface area contributed by atoms with Gasteiger partial charge >= 0.3 is 0 Å². The molecule has 2 aromatic carbocycles. The van der Waals surface area contributed by atoms with Crippen LogP contribution in [0.3, 0.4) is 0 Å². The molecule has 0 unspecified atom stereocenters. The molecule has 0 bridgehead atoms. The number of benzene rings is 2. The summed E-state index contributed by atoms with van der Waals surface area (Å²) in [6.07, 6.45) is 0.899. The normalized spacial score (nSPS) is 14.2. The molecule has 1 aliphatic rings. The van der Waals surface area contributed by atoms with Crippen molar-refractivity contribution in [2.75, 3.05) is 12.0 Å². The van der Waals surface area contributed by atoms with Gasteiger partial charge in [0.15, 0.2) is 0 Å². The predicted molar refractivity (Wildman–Crippen MR) is 99.9 cm³/mol. The minimum absolute atomic E-state index is 0.188. The smallest absolute Gasteiger partial charge is 0.272 e. The summed E-state index contributed by atoms with van der Waals surface area (Å²) in [5.41, 5.74) is 1.79. The van der Waals surface area contributed by atoms with Gasteiger partial charge in [-0.15, -0.1) is 0 Å². The first-order chi connectivity index (χ1) is 13.1. The number of methoxy groups -OCH3 is 1. The molecule has 2 heterocycles. The van der Waals surface area contributed by atoms with Crippen LogP contribution < -0.4 is 15.2 Å². The Balaban J connectivity index is 1.76. The molecule has 1 aliphatic heterocycles. The van der Waals surface area contributed by atoms with Crippen LogP contribution in [0.2, 0.25) is 0 Å². The minimum Gasteiger partial charge on any atom is -0.496 e. The van der Waals surface area contributed by atoms with E-state index in [1.165, 1.54) is 4.90 Å². The Morgan fingerprint density at radius 2 is 1.81 bits per heavy atom. The number of ether oxygens (including phenoxy) is 1. The Kier molecular flexibility index (Phi) is 4.19. The lowest BCUT2D eigenvalue weighted by atomic mass is 10.0. The monoisotopic (exact) mass is 363 g/mol. The highest BCUT2D eigenvalue weighted by Crippen LogP contribution is 2.28. The molecule has 1 saturated heterocycles.